The highest BCUT2D eigenvalue weighted by Crippen LogP contribution is 2.30. The van der Waals surface area contributed by atoms with Gasteiger partial charge in [-0.25, -0.2) is 0 Å². The minimum absolute atomic E-state index is 0.0863. The van der Waals surface area contributed by atoms with Crippen molar-refractivity contribution in [2.75, 3.05) is 6.54 Å². The van der Waals surface area contributed by atoms with Gasteiger partial charge in [-0.2, -0.15) is 0 Å². The molecule has 1 heterocycles. The molecule has 2 amide bonds. The number of hydrogen-bond donors (Lipinski definition) is 2. The normalized spacial score (nSPS) is 16.9. The summed E-state index contributed by atoms with van der Waals surface area (Å²) < 4.78 is 0. The molecular weight excluding hydrogens is 242 g/mol. The molecular formula is C14H19N3O2. The third kappa shape index (κ3) is 2.92. The molecule has 19 heavy (non-hydrogen) atoms. The highest BCUT2D eigenvalue weighted by Gasteiger charge is 2.42. The van der Waals surface area contributed by atoms with Crippen LogP contribution in [-0.2, 0) is 4.79 Å². The molecule has 0 unspecified atom stereocenters. The molecule has 1 aliphatic rings. The van der Waals surface area contributed by atoms with Crippen molar-refractivity contribution in [3.05, 3.63) is 30.1 Å². The van der Waals surface area contributed by atoms with Crippen molar-refractivity contribution in [1.29, 1.82) is 0 Å². The third-order valence-electron chi connectivity index (χ3n) is 3.48. The van der Waals surface area contributed by atoms with Crippen LogP contribution in [0.1, 0.15) is 43.1 Å². The van der Waals surface area contributed by atoms with Gasteiger partial charge in [0, 0.05) is 12.7 Å². The summed E-state index contributed by atoms with van der Waals surface area (Å²) >= 11 is 0. The maximum atomic E-state index is 12.2. The van der Waals surface area contributed by atoms with Crippen molar-refractivity contribution in [3.8, 4) is 0 Å². The van der Waals surface area contributed by atoms with E-state index >= 15 is 0 Å². The lowest BCUT2D eigenvalue weighted by Gasteiger charge is -2.28. The van der Waals surface area contributed by atoms with Crippen molar-refractivity contribution in [2.24, 2.45) is 0 Å². The smallest absolute Gasteiger partial charge is 0.270 e. The lowest BCUT2D eigenvalue weighted by atomic mass is 9.96. The number of likely N-dealkylation sites (N-methyl/N-ethyl adjacent to an activating group) is 1. The Hall–Kier alpha value is -1.91. The molecule has 0 atom stereocenters. The zero-order chi connectivity index (χ0) is 13.7. The van der Waals surface area contributed by atoms with E-state index in [0.29, 0.717) is 25.1 Å². The fourth-order valence-corrected chi connectivity index (χ4v) is 2.50. The molecule has 5 heteroatoms. The maximum Gasteiger partial charge on any atom is 0.270 e. The second kappa shape index (κ2) is 5.82. The van der Waals surface area contributed by atoms with Gasteiger partial charge in [-0.05, 0) is 31.9 Å². The zero-order valence-electron chi connectivity index (χ0n) is 11.1. The van der Waals surface area contributed by atoms with E-state index in [-0.39, 0.29) is 11.8 Å². The van der Waals surface area contributed by atoms with E-state index in [4.69, 9.17) is 0 Å². The van der Waals surface area contributed by atoms with Gasteiger partial charge < -0.3 is 10.6 Å². The molecule has 0 radical (unpaired) electrons. The number of nitrogens with zero attached hydrogens (tertiary/aromatic N) is 1. The van der Waals surface area contributed by atoms with E-state index in [1.165, 1.54) is 0 Å². The van der Waals surface area contributed by atoms with Gasteiger partial charge in [-0.15, -0.1) is 0 Å². The number of carbonyl (C=O) groups is 2. The largest absolute Gasteiger partial charge is 0.354 e. The van der Waals surface area contributed by atoms with Crippen LogP contribution in [-0.4, -0.2) is 28.9 Å². The number of amides is 2. The van der Waals surface area contributed by atoms with Crippen molar-refractivity contribution < 1.29 is 9.59 Å². The summed E-state index contributed by atoms with van der Waals surface area (Å²) in [4.78, 5) is 28.4. The van der Waals surface area contributed by atoms with E-state index in [0.717, 1.165) is 12.8 Å². The molecule has 1 saturated carbocycles. The number of pyridine rings is 1. The Bertz CT molecular complexity index is 453. The van der Waals surface area contributed by atoms with E-state index in [1.807, 2.05) is 6.92 Å². The Morgan fingerprint density at radius 1 is 1.32 bits per heavy atom. The molecule has 102 valence electrons. The van der Waals surface area contributed by atoms with Crippen LogP contribution in [0, 0.1) is 0 Å². The predicted molar refractivity (Wildman–Crippen MR) is 71.6 cm³/mol. The maximum absolute atomic E-state index is 12.2. The van der Waals surface area contributed by atoms with E-state index in [2.05, 4.69) is 15.6 Å². The van der Waals surface area contributed by atoms with Crippen molar-refractivity contribution in [3.63, 3.8) is 0 Å². The number of nitrogens with one attached hydrogen (secondary N) is 2. The summed E-state index contributed by atoms with van der Waals surface area (Å²) in [5.74, 6) is -0.370. The first-order valence-corrected chi connectivity index (χ1v) is 6.70. The number of hydrogen-bond acceptors (Lipinski definition) is 3. The first kappa shape index (κ1) is 13.5. The van der Waals surface area contributed by atoms with E-state index in [9.17, 15) is 9.59 Å². The molecule has 5 nitrogen and oxygen atoms in total. The Morgan fingerprint density at radius 3 is 2.63 bits per heavy atom. The van der Waals surface area contributed by atoms with Gasteiger partial charge in [0.1, 0.15) is 11.2 Å². The topological polar surface area (TPSA) is 71.1 Å². The van der Waals surface area contributed by atoms with Crippen LogP contribution in [0.25, 0.3) is 0 Å². The second-order valence-corrected chi connectivity index (χ2v) is 4.82. The molecule has 1 fully saturated rings. The molecule has 1 aliphatic carbocycles. The SMILES string of the molecule is CCNC(=O)C1(NC(=O)c2ccccn2)CCCC1. The van der Waals surface area contributed by atoms with Crippen LogP contribution in [0.4, 0.5) is 0 Å². The predicted octanol–water partition coefficient (Wildman–Crippen LogP) is 1.26. The van der Waals surface area contributed by atoms with E-state index < -0.39 is 5.54 Å². The molecule has 0 saturated heterocycles. The van der Waals surface area contributed by atoms with Crippen LogP contribution in [0.2, 0.25) is 0 Å². The minimum atomic E-state index is -0.759. The van der Waals surface area contributed by atoms with Gasteiger partial charge >= 0.3 is 0 Å². The van der Waals surface area contributed by atoms with E-state index in [1.54, 1.807) is 24.4 Å². The quantitative estimate of drug-likeness (QED) is 0.857. The summed E-state index contributed by atoms with van der Waals surface area (Å²) in [5, 5.41) is 5.69. The van der Waals surface area contributed by atoms with Crippen LogP contribution < -0.4 is 10.6 Å². The number of aromatic nitrogens is 1. The van der Waals surface area contributed by atoms with Crippen LogP contribution >= 0.6 is 0 Å². The third-order valence-corrected chi connectivity index (χ3v) is 3.48. The Balaban J connectivity index is 2.13. The van der Waals surface area contributed by atoms with Crippen molar-refractivity contribution in [2.45, 2.75) is 38.1 Å². The van der Waals surface area contributed by atoms with Crippen LogP contribution in [0.15, 0.2) is 24.4 Å². The molecule has 0 aromatic carbocycles. The standard InChI is InChI=1S/C14H19N3O2/c1-2-15-13(19)14(8-4-5-9-14)17-12(18)11-7-3-6-10-16-11/h3,6-7,10H,2,4-5,8-9H2,1H3,(H,15,19)(H,17,18). The lowest BCUT2D eigenvalue weighted by Crippen LogP contribution is -2.57. The molecule has 2 N–H and O–H groups in total. The van der Waals surface area contributed by atoms with Crippen LogP contribution in [0.3, 0.4) is 0 Å². The monoisotopic (exact) mass is 261 g/mol. The van der Waals surface area contributed by atoms with Gasteiger partial charge in [0.2, 0.25) is 5.91 Å². The average molecular weight is 261 g/mol. The summed E-state index contributed by atoms with van der Waals surface area (Å²) in [5.41, 5.74) is -0.414. The van der Waals surface area contributed by atoms with Gasteiger partial charge in [0.05, 0.1) is 0 Å². The number of carbonyl (C=O) groups excluding carboxylic acids is 2. The molecule has 2 rings (SSSR count). The summed E-state index contributed by atoms with van der Waals surface area (Å²) in [6, 6.07) is 5.16. The average Bonchev–Trinajstić information content (AvgIpc) is 2.90. The molecule has 0 spiro atoms. The lowest BCUT2D eigenvalue weighted by molar-refractivity contribution is -0.127. The molecule has 0 aliphatic heterocycles. The molecule has 0 bridgehead atoms. The van der Waals surface area contributed by atoms with Gasteiger partial charge in [0.25, 0.3) is 5.91 Å². The second-order valence-electron chi connectivity index (χ2n) is 4.82. The first-order chi connectivity index (χ1) is 9.18. The Morgan fingerprint density at radius 2 is 2.05 bits per heavy atom. The number of rotatable bonds is 4. The van der Waals surface area contributed by atoms with Crippen LogP contribution in [0.5, 0.6) is 0 Å². The highest BCUT2D eigenvalue weighted by molar-refractivity contribution is 5.98. The van der Waals surface area contributed by atoms with Gasteiger partial charge in [-0.1, -0.05) is 18.9 Å². The Kier molecular flexibility index (Phi) is 4.14. The fraction of sp³-hybridized carbons (Fsp3) is 0.500. The first-order valence-electron chi connectivity index (χ1n) is 6.70. The Labute approximate surface area is 112 Å². The molecule has 1 aromatic rings. The van der Waals surface area contributed by atoms with Gasteiger partial charge in [-0.3, -0.25) is 14.6 Å². The zero-order valence-corrected chi connectivity index (χ0v) is 11.1. The van der Waals surface area contributed by atoms with Crippen molar-refractivity contribution in [1.82, 2.24) is 15.6 Å². The fourth-order valence-electron chi connectivity index (χ4n) is 2.50. The molecule has 1 aromatic heterocycles. The summed E-state index contributed by atoms with van der Waals surface area (Å²) in [6.45, 7) is 2.45. The van der Waals surface area contributed by atoms with Gasteiger partial charge in [0.15, 0.2) is 0 Å². The van der Waals surface area contributed by atoms with Crippen molar-refractivity contribution >= 4 is 11.8 Å². The summed E-state index contributed by atoms with van der Waals surface area (Å²) in [6.07, 6.45) is 4.87. The minimum Gasteiger partial charge on any atom is -0.354 e. The summed E-state index contributed by atoms with van der Waals surface area (Å²) in [7, 11) is 0. The highest BCUT2D eigenvalue weighted by atomic mass is 16.2.